The molecule has 2 aromatic heterocycles. The number of amidine groups is 1. The number of nitrogens with zero attached hydrogens (tertiary/aromatic N) is 5. The molecule has 3 aromatic rings. The van der Waals surface area contributed by atoms with Crippen molar-refractivity contribution in [2.24, 2.45) is 17.8 Å². The van der Waals surface area contributed by atoms with Crippen molar-refractivity contribution >= 4 is 23.4 Å². The number of nitrogens with two attached hydrogens (primary N) is 1. The number of hydrogen-bond donors (Lipinski definition) is 2. The maximum atomic E-state index is 6.42. The number of aryl methyl sites for hydroxylation is 3. The van der Waals surface area contributed by atoms with Crippen molar-refractivity contribution in [3.05, 3.63) is 69.8 Å². The number of nitrogens with one attached hydrogen (secondary N) is 1. The number of halogens is 1. The predicted octanol–water partition coefficient (Wildman–Crippen LogP) is 3.33. The maximum Gasteiger partial charge on any atom is 0.251 e. The van der Waals surface area contributed by atoms with Gasteiger partial charge >= 0.3 is 0 Å². The summed E-state index contributed by atoms with van der Waals surface area (Å²) in [5.41, 5.74) is 13.1. The van der Waals surface area contributed by atoms with Gasteiger partial charge in [-0.2, -0.15) is 10.1 Å². The smallest absolute Gasteiger partial charge is 0.251 e. The molecule has 1 aromatic carbocycles. The SMILES string of the molecule is CN/C(C)=C\C(N)=Nc1ncc2c(n1)-c1c(nn(C)c1Cc1ccccc1Cl)CC2. The molecule has 0 saturated carbocycles. The minimum Gasteiger partial charge on any atom is -0.392 e. The van der Waals surface area contributed by atoms with Crippen LogP contribution in [-0.4, -0.2) is 32.6 Å². The van der Waals surface area contributed by atoms with E-state index < -0.39 is 0 Å². The highest BCUT2D eigenvalue weighted by Crippen LogP contribution is 2.36. The highest BCUT2D eigenvalue weighted by atomic mass is 35.5. The van der Waals surface area contributed by atoms with E-state index in [0.29, 0.717) is 18.2 Å². The van der Waals surface area contributed by atoms with Gasteiger partial charge in [0.05, 0.1) is 17.1 Å². The summed E-state index contributed by atoms with van der Waals surface area (Å²) < 4.78 is 1.93. The third-order valence-electron chi connectivity index (χ3n) is 5.26. The van der Waals surface area contributed by atoms with Crippen LogP contribution in [-0.2, 0) is 26.3 Å². The monoisotopic (exact) mass is 421 g/mol. The third kappa shape index (κ3) is 3.93. The number of fused-ring (bicyclic) bond motifs is 3. The minimum atomic E-state index is 0.340. The number of allylic oxidation sites excluding steroid dienone is 1. The molecule has 1 aliphatic rings. The third-order valence-corrected chi connectivity index (χ3v) is 5.63. The van der Waals surface area contributed by atoms with Crippen molar-refractivity contribution in [3.8, 4) is 11.3 Å². The molecule has 8 heteroatoms. The van der Waals surface area contributed by atoms with E-state index in [-0.39, 0.29) is 0 Å². The Kier molecular flexibility index (Phi) is 5.55. The first-order chi connectivity index (χ1) is 14.5. The highest BCUT2D eigenvalue weighted by Gasteiger charge is 2.26. The van der Waals surface area contributed by atoms with Gasteiger partial charge in [0.25, 0.3) is 5.95 Å². The summed E-state index contributed by atoms with van der Waals surface area (Å²) in [5, 5.41) is 8.52. The topological polar surface area (TPSA) is 94.0 Å². The van der Waals surface area contributed by atoms with Crippen LogP contribution in [0.25, 0.3) is 11.3 Å². The van der Waals surface area contributed by atoms with Crippen molar-refractivity contribution in [2.75, 3.05) is 7.05 Å². The van der Waals surface area contributed by atoms with Gasteiger partial charge < -0.3 is 11.1 Å². The Labute approximate surface area is 180 Å². The molecule has 0 amide bonds. The molecular formula is C22H24ClN7. The summed E-state index contributed by atoms with van der Waals surface area (Å²) in [6, 6.07) is 7.88. The molecule has 0 bridgehead atoms. The van der Waals surface area contributed by atoms with Crippen LogP contribution in [0.4, 0.5) is 5.95 Å². The van der Waals surface area contributed by atoms with Crippen LogP contribution in [0.2, 0.25) is 5.02 Å². The quantitative estimate of drug-likeness (QED) is 0.486. The molecule has 0 unspecified atom stereocenters. The molecule has 0 saturated heterocycles. The fraction of sp³-hybridized carbons (Fsp3) is 0.273. The number of aliphatic imine (C=N–C) groups is 1. The molecule has 154 valence electrons. The Morgan fingerprint density at radius 2 is 2.13 bits per heavy atom. The first kappa shape index (κ1) is 20.1. The second-order valence-electron chi connectivity index (χ2n) is 7.32. The number of hydrogen-bond acceptors (Lipinski definition) is 5. The molecule has 3 N–H and O–H groups in total. The summed E-state index contributed by atoms with van der Waals surface area (Å²) in [7, 11) is 3.80. The lowest BCUT2D eigenvalue weighted by atomic mass is 9.91. The van der Waals surface area contributed by atoms with E-state index >= 15 is 0 Å². The number of benzene rings is 1. The van der Waals surface area contributed by atoms with Crippen LogP contribution in [0.3, 0.4) is 0 Å². The van der Waals surface area contributed by atoms with Gasteiger partial charge in [0, 0.05) is 43.0 Å². The molecule has 0 fully saturated rings. The lowest BCUT2D eigenvalue weighted by molar-refractivity contribution is 0.705. The van der Waals surface area contributed by atoms with Crippen LogP contribution in [0.5, 0.6) is 0 Å². The molecule has 0 spiro atoms. The van der Waals surface area contributed by atoms with Crippen molar-refractivity contribution in [1.29, 1.82) is 0 Å². The normalized spacial score (nSPS) is 13.7. The summed E-state index contributed by atoms with van der Waals surface area (Å²) in [6.07, 6.45) is 5.98. The lowest BCUT2D eigenvalue weighted by Gasteiger charge is -2.16. The first-order valence-electron chi connectivity index (χ1n) is 9.81. The van der Waals surface area contributed by atoms with Crippen molar-refractivity contribution < 1.29 is 0 Å². The Hall–Kier alpha value is -3.19. The lowest BCUT2D eigenvalue weighted by Crippen LogP contribution is -2.13. The summed E-state index contributed by atoms with van der Waals surface area (Å²) in [6.45, 7) is 1.92. The van der Waals surface area contributed by atoms with Crippen LogP contribution in [0.1, 0.15) is 29.4 Å². The van der Waals surface area contributed by atoms with Crippen LogP contribution in [0.15, 0.2) is 47.2 Å². The standard InChI is InChI=1S/C22H24ClN7/c1-13(25-2)10-19(24)27-22-26-12-15-8-9-17-20(21(15)28-22)18(30(3)29-17)11-14-6-4-5-7-16(14)23/h4-7,10,12,25H,8-9,11H2,1-3H3,(H2,24,26,27,28)/b13-10-. The van der Waals surface area contributed by atoms with Crippen molar-refractivity contribution in [2.45, 2.75) is 26.2 Å². The zero-order chi connectivity index (χ0) is 21.3. The molecular weight excluding hydrogens is 398 g/mol. The molecule has 2 heterocycles. The largest absolute Gasteiger partial charge is 0.392 e. The van der Waals surface area contributed by atoms with Crippen LogP contribution < -0.4 is 11.1 Å². The van der Waals surface area contributed by atoms with Gasteiger partial charge in [0.2, 0.25) is 0 Å². The highest BCUT2D eigenvalue weighted by molar-refractivity contribution is 6.31. The summed E-state index contributed by atoms with van der Waals surface area (Å²) in [4.78, 5) is 13.5. The van der Waals surface area contributed by atoms with Crippen LogP contribution >= 0.6 is 11.6 Å². The van der Waals surface area contributed by atoms with Gasteiger partial charge in [-0.3, -0.25) is 4.68 Å². The second-order valence-corrected chi connectivity index (χ2v) is 7.73. The molecule has 30 heavy (non-hydrogen) atoms. The van der Waals surface area contributed by atoms with E-state index in [1.54, 1.807) is 6.08 Å². The van der Waals surface area contributed by atoms with Crippen molar-refractivity contribution in [3.63, 3.8) is 0 Å². The second kappa shape index (κ2) is 8.28. The van der Waals surface area contributed by atoms with Gasteiger partial charge in [-0.15, -0.1) is 0 Å². The zero-order valence-electron chi connectivity index (χ0n) is 17.3. The van der Waals surface area contributed by atoms with E-state index in [0.717, 1.165) is 57.3 Å². The van der Waals surface area contributed by atoms with Crippen LogP contribution in [0, 0.1) is 0 Å². The fourth-order valence-electron chi connectivity index (χ4n) is 3.64. The van der Waals surface area contributed by atoms with E-state index in [9.17, 15) is 0 Å². The van der Waals surface area contributed by atoms with E-state index in [4.69, 9.17) is 27.4 Å². The zero-order valence-corrected chi connectivity index (χ0v) is 18.0. The molecule has 0 aliphatic heterocycles. The first-order valence-corrected chi connectivity index (χ1v) is 10.2. The minimum absolute atomic E-state index is 0.340. The number of aromatic nitrogens is 4. The average molecular weight is 422 g/mol. The Morgan fingerprint density at radius 1 is 1.33 bits per heavy atom. The molecule has 7 nitrogen and oxygen atoms in total. The predicted molar refractivity (Wildman–Crippen MR) is 120 cm³/mol. The summed E-state index contributed by atoms with van der Waals surface area (Å²) in [5.74, 6) is 0.687. The Morgan fingerprint density at radius 3 is 2.90 bits per heavy atom. The van der Waals surface area contributed by atoms with Gasteiger partial charge in [-0.1, -0.05) is 29.8 Å². The Balaban J connectivity index is 1.78. The van der Waals surface area contributed by atoms with E-state index in [1.165, 1.54) is 0 Å². The molecule has 0 radical (unpaired) electrons. The van der Waals surface area contributed by atoms with Gasteiger partial charge in [0.15, 0.2) is 0 Å². The van der Waals surface area contributed by atoms with E-state index in [2.05, 4.69) is 15.3 Å². The molecule has 1 aliphatic carbocycles. The average Bonchev–Trinajstić information content (AvgIpc) is 3.05. The van der Waals surface area contributed by atoms with Gasteiger partial charge in [-0.05, 0) is 43.0 Å². The van der Waals surface area contributed by atoms with Crippen molar-refractivity contribution in [1.82, 2.24) is 25.1 Å². The summed E-state index contributed by atoms with van der Waals surface area (Å²) >= 11 is 6.42. The Bertz CT molecular complexity index is 1160. The number of rotatable bonds is 5. The van der Waals surface area contributed by atoms with Gasteiger partial charge in [0.1, 0.15) is 5.84 Å². The maximum absolute atomic E-state index is 6.42. The van der Waals surface area contributed by atoms with E-state index in [1.807, 2.05) is 56.2 Å². The molecule has 4 rings (SSSR count). The molecule has 0 atom stereocenters. The fourth-order valence-corrected chi connectivity index (χ4v) is 3.84. The van der Waals surface area contributed by atoms with Gasteiger partial charge in [-0.25, -0.2) is 9.97 Å².